The summed E-state index contributed by atoms with van der Waals surface area (Å²) in [5.41, 5.74) is 1.05. The predicted octanol–water partition coefficient (Wildman–Crippen LogP) is 2.05. The molecule has 1 atom stereocenters. The van der Waals surface area contributed by atoms with E-state index in [-0.39, 0.29) is 18.1 Å². The Balaban J connectivity index is 1.55. The van der Waals surface area contributed by atoms with Gasteiger partial charge in [-0.15, -0.1) is 0 Å². The molecule has 2 heterocycles. The molecule has 6 heteroatoms. The molecule has 0 radical (unpaired) electrons. The molecule has 1 aromatic heterocycles. The fourth-order valence-electron chi connectivity index (χ4n) is 2.61. The molecule has 1 amide bonds. The minimum atomic E-state index is -0.295. The smallest absolute Gasteiger partial charge is 0.247 e. The minimum Gasteiger partial charge on any atom is -0.493 e. The standard InChI is InChI=1S/C17H21N3O3/c1-12-8-18-20(9-12)13(2)17(21)19-10-14(11-19)23-16-7-5-4-6-15(16)22-3/h4-9,13-14H,10-11H2,1-3H3. The van der Waals surface area contributed by atoms with E-state index >= 15 is 0 Å². The maximum Gasteiger partial charge on any atom is 0.247 e. The summed E-state index contributed by atoms with van der Waals surface area (Å²) < 4.78 is 12.9. The zero-order valence-corrected chi connectivity index (χ0v) is 13.6. The van der Waals surface area contributed by atoms with Crippen molar-refractivity contribution in [2.24, 2.45) is 0 Å². The van der Waals surface area contributed by atoms with Gasteiger partial charge in [0, 0.05) is 6.20 Å². The van der Waals surface area contributed by atoms with Gasteiger partial charge in [-0.3, -0.25) is 9.48 Å². The average Bonchev–Trinajstić information content (AvgIpc) is 2.96. The summed E-state index contributed by atoms with van der Waals surface area (Å²) in [5, 5.41) is 4.21. The average molecular weight is 315 g/mol. The number of rotatable bonds is 5. The number of carbonyl (C=O) groups is 1. The minimum absolute atomic E-state index is 0.00167. The highest BCUT2D eigenvalue weighted by Gasteiger charge is 2.35. The Kier molecular flexibility index (Phi) is 4.23. The Morgan fingerprint density at radius 3 is 2.61 bits per heavy atom. The number of aryl methyl sites for hydroxylation is 1. The molecule has 1 saturated heterocycles. The molecule has 3 rings (SSSR count). The zero-order chi connectivity index (χ0) is 16.4. The number of benzene rings is 1. The van der Waals surface area contributed by atoms with E-state index in [0.717, 1.165) is 5.56 Å². The molecule has 1 aliphatic heterocycles. The van der Waals surface area contributed by atoms with Crippen LogP contribution in [0.25, 0.3) is 0 Å². The second kappa shape index (κ2) is 6.32. The van der Waals surface area contributed by atoms with Crippen LogP contribution in [0.4, 0.5) is 0 Å². The van der Waals surface area contributed by atoms with Crippen molar-refractivity contribution < 1.29 is 14.3 Å². The van der Waals surface area contributed by atoms with Gasteiger partial charge in [0.15, 0.2) is 11.5 Å². The lowest BCUT2D eigenvalue weighted by atomic mass is 10.1. The van der Waals surface area contributed by atoms with Gasteiger partial charge in [-0.2, -0.15) is 5.10 Å². The van der Waals surface area contributed by atoms with Crippen molar-refractivity contribution in [3.8, 4) is 11.5 Å². The molecule has 1 aliphatic rings. The van der Waals surface area contributed by atoms with Gasteiger partial charge in [-0.25, -0.2) is 0 Å². The van der Waals surface area contributed by atoms with Crippen molar-refractivity contribution in [1.82, 2.24) is 14.7 Å². The van der Waals surface area contributed by atoms with Crippen LogP contribution < -0.4 is 9.47 Å². The summed E-state index contributed by atoms with van der Waals surface area (Å²) in [6.45, 7) is 4.99. The Morgan fingerprint density at radius 2 is 2.00 bits per heavy atom. The predicted molar refractivity (Wildman–Crippen MR) is 85.7 cm³/mol. The lowest BCUT2D eigenvalue weighted by Crippen LogP contribution is -2.57. The van der Waals surface area contributed by atoms with Gasteiger partial charge < -0.3 is 14.4 Å². The summed E-state index contributed by atoms with van der Waals surface area (Å²) in [4.78, 5) is 14.2. The van der Waals surface area contributed by atoms with E-state index in [2.05, 4.69) is 5.10 Å². The monoisotopic (exact) mass is 315 g/mol. The molecule has 23 heavy (non-hydrogen) atoms. The largest absolute Gasteiger partial charge is 0.493 e. The summed E-state index contributed by atoms with van der Waals surface area (Å²) in [6, 6.07) is 7.24. The van der Waals surface area contributed by atoms with Crippen LogP contribution in [-0.4, -0.2) is 46.9 Å². The van der Waals surface area contributed by atoms with Gasteiger partial charge in [-0.05, 0) is 31.5 Å². The highest BCUT2D eigenvalue weighted by Crippen LogP contribution is 2.29. The lowest BCUT2D eigenvalue weighted by molar-refractivity contribution is -0.143. The van der Waals surface area contributed by atoms with Gasteiger partial charge in [0.1, 0.15) is 12.1 Å². The molecule has 0 saturated carbocycles. The van der Waals surface area contributed by atoms with Crippen molar-refractivity contribution >= 4 is 5.91 Å². The van der Waals surface area contributed by atoms with Gasteiger partial charge in [0.2, 0.25) is 5.91 Å². The number of carbonyl (C=O) groups excluding carboxylic acids is 1. The fourth-order valence-corrected chi connectivity index (χ4v) is 2.61. The molecule has 0 N–H and O–H groups in total. The van der Waals surface area contributed by atoms with E-state index in [0.29, 0.717) is 24.6 Å². The van der Waals surface area contributed by atoms with Gasteiger partial charge in [0.05, 0.1) is 26.4 Å². The van der Waals surface area contributed by atoms with Gasteiger partial charge >= 0.3 is 0 Å². The fraction of sp³-hybridized carbons (Fsp3) is 0.412. The van der Waals surface area contributed by atoms with Crippen molar-refractivity contribution in [3.63, 3.8) is 0 Å². The first kappa shape index (κ1) is 15.4. The van der Waals surface area contributed by atoms with Crippen LogP contribution in [0, 0.1) is 6.92 Å². The van der Waals surface area contributed by atoms with E-state index in [4.69, 9.17) is 9.47 Å². The summed E-state index contributed by atoms with van der Waals surface area (Å²) in [7, 11) is 1.62. The zero-order valence-electron chi connectivity index (χ0n) is 13.6. The number of methoxy groups -OCH3 is 1. The van der Waals surface area contributed by atoms with Gasteiger partial charge in [-0.1, -0.05) is 12.1 Å². The van der Waals surface area contributed by atoms with E-state index in [9.17, 15) is 4.79 Å². The Bertz CT molecular complexity index is 692. The number of nitrogens with zero attached hydrogens (tertiary/aromatic N) is 3. The molecular weight excluding hydrogens is 294 g/mol. The molecule has 0 bridgehead atoms. The molecule has 6 nitrogen and oxygen atoms in total. The van der Waals surface area contributed by atoms with Crippen molar-refractivity contribution in [1.29, 1.82) is 0 Å². The van der Waals surface area contributed by atoms with Crippen LogP contribution >= 0.6 is 0 Å². The summed E-state index contributed by atoms with van der Waals surface area (Å²) in [5.74, 6) is 1.48. The van der Waals surface area contributed by atoms with Crippen LogP contribution in [0.15, 0.2) is 36.7 Å². The van der Waals surface area contributed by atoms with Crippen molar-refractivity contribution in [2.45, 2.75) is 26.0 Å². The van der Waals surface area contributed by atoms with Crippen LogP contribution in [-0.2, 0) is 4.79 Å². The van der Waals surface area contributed by atoms with Crippen molar-refractivity contribution in [3.05, 3.63) is 42.2 Å². The highest BCUT2D eigenvalue weighted by atomic mass is 16.5. The molecule has 0 aliphatic carbocycles. The van der Waals surface area contributed by atoms with E-state index in [1.165, 1.54) is 0 Å². The first-order valence-corrected chi connectivity index (χ1v) is 7.67. The molecule has 1 fully saturated rings. The third-order valence-corrected chi connectivity index (χ3v) is 4.01. The number of likely N-dealkylation sites (tertiary alicyclic amines) is 1. The second-order valence-electron chi connectivity index (χ2n) is 5.81. The molecular formula is C17H21N3O3. The molecule has 1 unspecified atom stereocenters. The SMILES string of the molecule is COc1ccccc1OC1CN(C(=O)C(C)n2cc(C)cn2)C1. The summed E-state index contributed by atoms with van der Waals surface area (Å²) >= 11 is 0. The first-order chi connectivity index (χ1) is 11.1. The Hall–Kier alpha value is -2.50. The molecule has 2 aromatic rings. The summed E-state index contributed by atoms with van der Waals surface area (Å²) in [6.07, 6.45) is 3.64. The van der Waals surface area contributed by atoms with E-state index in [1.807, 2.05) is 44.3 Å². The number of hydrogen-bond donors (Lipinski definition) is 0. The number of para-hydroxylation sites is 2. The second-order valence-corrected chi connectivity index (χ2v) is 5.81. The number of aromatic nitrogens is 2. The Morgan fingerprint density at radius 1 is 1.30 bits per heavy atom. The van der Waals surface area contributed by atoms with Gasteiger partial charge in [0.25, 0.3) is 0 Å². The normalized spacial score (nSPS) is 15.9. The number of hydrogen-bond acceptors (Lipinski definition) is 4. The lowest BCUT2D eigenvalue weighted by Gasteiger charge is -2.40. The third-order valence-electron chi connectivity index (χ3n) is 4.01. The molecule has 0 spiro atoms. The van der Waals surface area contributed by atoms with Crippen LogP contribution in [0.5, 0.6) is 11.5 Å². The maximum absolute atomic E-state index is 12.4. The topological polar surface area (TPSA) is 56.6 Å². The molecule has 1 aromatic carbocycles. The van der Waals surface area contributed by atoms with E-state index < -0.39 is 0 Å². The number of ether oxygens (including phenoxy) is 2. The Labute approximate surface area is 135 Å². The number of amides is 1. The maximum atomic E-state index is 12.4. The van der Waals surface area contributed by atoms with Crippen molar-refractivity contribution in [2.75, 3.05) is 20.2 Å². The van der Waals surface area contributed by atoms with Crippen LogP contribution in [0.3, 0.4) is 0 Å². The molecule has 122 valence electrons. The third kappa shape index (κ3) is 3.16. The van der Waals surface area contributed by atoms with Crippen LogP contribution in [0.1, 0.15) is 18.5 Å². The van der Waals surface area contributed by atoms with Crippen LogP contribution in [0.2, 0.25) is 0 Å². The quantitative estimate of drug-likeness (QED) is 0.847. The first-order valence-electron chi connectivity index (χ1n) is 7.67. The highest BCUT2D eigenvalue weighted by molar-refractivity contribution is 5.80. The van der Waals surface area contributed by atoms with E-state index in [1.54, 1.807) is 22.9 Å².